The predicted octanol–water partition coefficient (Wildman–Crippen LogP) is 7.56. The number of hydrogen-bond acceptors (Lipinski definition) is 3. The van der Waals surface area contributed by atoms with Crippen molar-refractivity contribution < 1.29 is 4.39 Å². The lowest BCUT2D eigenvalue weighted by atomic mass is 10.0. The van der Waals surface area contributed by atoms with Gasteiger partial charge < -0.3 is 9.88 Å². The van der Waals surface area contributed by atoms with Crippen LogP contribution in [0.5, 0.6) is 0 Å². The maximum atomic E-state index is 13.0. The second kappa shape index (κ2) is 13.6. The topological polar surface area (TPSA) is 33.1 Å². The molecule has 2 aliphatic rings. The second-order valence-electron chi connectivity index (χ2n) is 11.2. The van der Waals surface area contributed by atoms with Crippen molar-refractivity contribution in [2.45, 2.75) is 57.0 Å². The first-order valence-corrected chi connectivity index (χ1v) is 14.2. The summed E-state index contributed by atoms with van der Waals surface area (Å²) in [5.74, 6) is -0.299. The molecule has 3 heterocycles. The van der Waals surface area contributed by atoms with E-state index in [2.05, 4.69) is 109 Å². The highest BCUT2D eigenvalue weighted by Crippen LogP contribution is 2.47. The number of allylic oxidation sites excluding steroid dienone is 1. The van der Waals surface area contributed by atoms with E-state index in [4.69, 9.17) is 0 Å². The minimum absolute atomic E-state index is 0.0956. The van der Waals surface area contributed by atoms with E-state index in [-0.39, 0.29) is 11.4 Å². The van der Waals surface area contributed by atoms with Crippen LogP contribution in [0.15, 0.2) is 104 Å². The fourth-order valence-electron chi connectivity index (χ4n) is 5.32. The Morgan fingerprint density at radius 2 is 1.80 bits per heavy atom. The second-order valence-corrected chi connectivity index (χ2v) is 11.2. The molecule has 5 heteroatoms. The van der Waals surface area contributed by atoms with Crippen LogP contribution in [0.1, 0.15) is 49.3 Å². The van der Waals surface area contributed by atoms with Gasteiger partial charge in [-0.05, 0) is 74.4 Å². The lowest BCUT2D eigenvalue weighted by Crippen LogP contribution is -2.32. The number of hydrogen-bond donors (Lipinski definition) is 1. The Labute approximate surface area is 239 Å². The van der Waals surface area contributed by atoms with Crippen LogP contribution in [0.3, 0.4) is 0 Å². The molecule has 1 aliphatic carbocycles. The number of likely N-dealkylation sites (tertiary alicyclic amines) is 1. The first-order chi connectivity index (χ1) is 19.3. The summed E-state index contributed by atoms with van der Waals surface area (Å²) < 4.78 is 15.2. The Balaban J connectivity index is 0.000000141. The van der Waals surface area contributed by atoms with Crippen molar-refractivity contribution in [3.05, 3.63) is 127 Å². The number of nitrogens with zero attached hydrogens (tertiary/aromatic N) is 3. The Morgan fingerprint density at radius 1 is 1.07 bits per heavy atom. The van der Waals surface area contributed by atoms with Gasteiger partial charge in [0.05, 0.1) is 0 Å². The molecule has 210 valence electrons. The monoisotopic (exact) mass is 538 g/mol. The maximum Gasteiger partial charge on any atom is 0.216 e. The number of pyridine rings is 1. The lowest BCUT2D eigenvalue weighted by molar-refractivity contribution is 0.334. The van der Waals surface area contributed by atoms with E-state index in [0.29, 0.717) is 6.04 Å². The van der Waals surface area contributed by atoms with Gasteiger partial charge in [-0.3, -0.25) is 4.90 Å². The number of aryl methyl sites for hydroxylation is 1. The van der Waals surface area contributed by atoms with Crippen LogP contribution in [-0.4, -0.2) is 34.1 Å². The number of fused-ring (bicyclic) bond motifs is 1. The molecular weight excluding hydrogens is 495 g/mol. The summed E-state index contributed by atoms with van der Waals surface area (Å²) in [6, 6.07) is 23.1. The highest BCUT2D eigenvalue weighted by Gasteiger charge is 2.41. The van der Waals surface area contributed by atoms with Crippen molar-refractivity contribution in [2.24, 2.45) is 7.05 Å². The Bertz CT molecular complexity index is 1400. The molecule has 0 radical (unpaired) electrons. The molecule has 1 saturated heterocycles. The van der Waals surface area contributed by atoms with Crippen LogP contribution in [0.4, 0.5) is 4.39 Å². The van der Waals surface area contributed by atoms with Crippen LogP contribution in [0, 0.1) is 5.95 Å². The van der Waals surface area contributed by atoms with Crippen molar-refractivity contribution in [3.63, 3.8) is 0 Å². The summed E-state index contributed by atoms with van der Waals surface area (Å²) in [4.78, 5) is 5.99. The SMILES string of the molecule is C=C(NCc1ccccc1)C1CCCN1C.C=CCc1cn(C)c2ccccc12.CC1(c2cccnc2F)CC1. The quantitative estimate of drug-likeness (QED) is 0.195. The summed E-state index contributed by atoms with van der Waals surface area (Å²) in [5, 5.41) is 4.77. The summed E-state index contributed by atoms with van der Waals surface area (Å²) >= 11 is 0. The molecule has 4 aromatic rings. The number of nitrogens with one attached hydrogen (secondary N) is 1. The fraction of sp³-hybridized carbons (Fsp3) is 0.343. The molecule has 1 saturated carbocycles. The molecule has 1 unspecified atom stereocenters. The summed E-state index contributed by atoms with van der Waals surface area (Å²) in [6.45, 7) is 12.1. The molecule has 2 aromatic carbocycles. The van der Waals surface area contributed by atoms with E-state index >= 15 is 0 Å². The van der Waals surface area contributed by atoms with Gasteiger partial charge in [0, 0.05) is 54.2 Å². The molecule has 40 heavy (non-hydrogen) atoms. The van der Waals surface area contributed by atoms with Crippen LogP contribution in [-0.2, 0) is 25.4 Å². The van der Waals surface area contributed by atoms with Gasteiger partial charge in [0.2, 0.25) is 5.95 Å². The largest absolute Gasteiger partial charge is 0.383 e. The Kier molecular flexibility index (Phi) is 9.94. The minimum atomic E-state index is -0.299. The number of likely N-dealkylation sites (N-methyl/N-ethyl adjacent to an activating group) is 1. The van der Waals surface area contributed by atoms with E-state index in [9.17, 15) is 4.39 Å². The first-order valence-electron chi connectivity index (χ1n) is 14.2. The molecule has 1 aliphatic heterocycles. The normalized spacial score (nSPS) is 17.2. The van der Waals surface area contributed by atoms with Crippen LogP contribution >= 0.6 is 0 Å². The third-order valence-electron chi connectivity index (χ3n) is 8.04. The molecule has 2 fully saturated rings. The van der Waals surface area contributed by atoms with Gasteiger partial charge in [-0.15, -0.1) is 6.58 Å². The lowest BCUT2D eigenvalue weighted by Gasteiger charge is -2.22. The molecule has 1 N–H and O–H groups in total. The summed E-state index contributed by atoms with van der Waals surface area (Å²) in [7, 11) is 4.25. The predicted molar refractivity (Wildman–Crippen MR) is 166 cm³/mol. The average Bonchev–Trinajstić information content (AvgIpc) is 3.43. The molecule has 1 atom stereocenters. The summed E-state index contributed by atoms with van der Waals surface area (Å²) in [5.41, 5.74) is 5.99. The zero-order chi connectivity index (χ0) is 28.5. The number of benzene rings is 2. The number of para-hydroxylation sites is 1. The summed E-state index contributed by atoms with van der Waals surface area (Å²) in [6.07, 6.45) is 11.3. The Hall–Kier alpha value is -3.70. The number of halogens is 1. The standard InChI is InChI=1S/C14H20N2.C12H13N.C9H10FN/c1-12(14-9-6-10-16(14)2)15-11-13-7-4-3-5-8-13;1-3-6-10-9-13(2)12-8-5-4-7-11(10)12;1-9(4-5-9)7-3-2-6-11-8(7)10/h3-5,7-8,14-15H,1,6,9-11H2,2H3;3-5,7-9H,1,6H2,2H3;2-3,6H,4-5H2,1H3. The number of aromatic nitrogens is 2. The van der Waals surface area contributed by atoms with Gasteiger partial charge in [-0.1, -0.05) is 74.2 Å². The number of rotatable bonds is 7. The van der Waals surface area contributed by atoms with E-state index in [1.54, 1.807) is 6.07 Å². The zero-order valence-corrected chi connectivity index (χ0v) is 24.2. The average molecular weight is 539 g/mol. The van der Waals surface area contributed by atoms with Gasteiger partial charge in [-0.25, -0.2) is 4.98 Å². The van der Waals surface area contributed by atoms with Crippen molar-refractivity contribution in [3.8, 4) is 0 Å². The highest BCUT2D eigenvalue weighted by molar-refractivity contribution is 5.84. The molecule has 4 nitrogen and oxygen atoms in total. The third kappa shape index (κ3) is 7.48. The van der Waals surface area contributed by atoms with Gasteiger partial charge in [-0.2, -0.15) is 4.39 Å². The van der Waals surface area contributed by atoms with Crippen LogP contribution in [0.2, 0.25) is 0 Å². The Morgan fingerprint density at radius 3 is 2.45 bits per heavy atom. The van der Waals surface area contributed by atoms with Gasteiger partial charge in [0.1, 0.15) is 0 Å². The smallest absolute Gasteiger partial charge is 0.216 e. The van der Waals surface area contributed by atoms with Crippen molar-refractivity contribution in [2.75, 3.05) is 13.6 Å². The fourth-order valence-corrected chi connectivity index (χ4v) is 5.32. The van der Waals surface area contributed by atoms with Crippen molar-refractivity contribution >= 4 is 10.9 Å². The molecule has 0 bridgehead atoms. The van der Waals surface area contributed by atoms with Crippen LogP contribution < -0.4 is 5.32 Å². The first kappa shape index (κ1) is 29.3. The molecule has 0 amide bonds. The highest BCUT2D eigenvalue weighted by atomic mass is 19.1. The maximum absolute atomic E-state index is 13.0. The third-order valence-corrected chi connectivity index (χ3v) is 8.04. The molecule has 0 spiro atoms. The van der Waals surface area contributed by atoms with Crippen molar-refractivity contribution in [1.29, 1.82) is 0 Å². The van der Waals surface area contributed by atoms with Gasteiger partial charge in [0.25, 0.3) is 0 Å². The van der Waals surface area contributed by atoms with Gasteiger partial charge >= 0.3 is 0 Å². The molecular formula is C35H43FN4. The zero-order valence-electron chi connectivity index (χ0n) is 24.2. The minimum Gasteiger partial charge on any atom is -0.383 e. The van der Waals surface area contributed by atoms with E-state index < -0.39 is 0 Å². The molecule has 6 rings (SSSR count). The van der Waals surface area contributed by atoms with Gasteiger partial charge in [0.15, 0.2) is 0 Å². The van der Waals surface area contributed by atoms with E-state index in [1.165, 1.54) is 47.6 Å². The van der Waals surface area contributed by atoms with E-state index in [0.717, 1.165) is 37.1 Å². The van der Waals surface area contributed by atoms with E-state index in [1.807, 2.05) is 18.2 Å². The van der Waals surface area contributed by atoms with Crippen LogP contribution in [0.25, 0.3) is 10.9 Å². The molecule has 2 aromatic heterocycles. The van der Waals surface area contributed by atoms with Crippen molar-refractivity contribution in [1.82, 2.24) is 19.8 Å².